The van der Waals surface area contributed by atoms with Gasteiger partial charge in [-0.2, -0.15) is 0 Å². The molecule has 0 amide bonds. The summed E-state index contributed by atoms with van der Waals surface area (Å²) in [6, 6.07) is 127. The van der Waals surface area contributed by atoms with Crippen LogP contribution >= 0.6 is 22.7 Å². The lowest BCUT2D eigenvalue weighted by atomic mass is 9.90. The molecule has 0 radical (unpaired) electrons. The van der Waals surface area contributed by atoms with Crippen molar-refractivity contribution < 1.29 is 0 Å². The van der Waals surface area contributed by atoms with Crippen molar-refractivity contribution in [3.8, 4) is 33.4 Å². The third kappa shape index (κ3) is 8.91. The summed E-state index contributed by atoms with van der Waals surface area (Å²) in [5.41, 5.74) is 13.8. The molecule has 20 rings (SSSR count). The van der Waals surface area contributed by atoms with Crippen LogP contribution < -0.4 is 9.80 Å². The highest BCUT2D eigenvalue weighted by Gasteiger charge is 2.21. The van der Waals surface area contributed by atoms with Gasteiger partial charge in [-0.25, -0.2) is 0 Å². The second-order valence-electron chi connectivity index (χ2n) is 25.5. The fraction of sp³-hybridized carbons (Fsp3) is 0. The second kappa shape index (κ2) is 21.8. The number of fused-ring (bicyclic) bond motifs is 18. The van der Waals surface area contributed by atoms with E-state index in [1.54, 1.807) is 0 Å². The van der Waals surface area contributed by atoms with Crippen LogP contribution in [0.2, 0.25) is 0 Å². The highest BCUT2D eigenvalue weighted by molar-refractivity contribution is 7.26. The molecule has 2 heterocycles. The average molecular weight is 1250 g/mol. The van der Waals surface area contributed by atoms with Gasteiger partial charge in [0.1, 0.15) is 0 Å². The Kier molecular flexibility index (Phi) is 12.4. The van der Waals surface area contributed by atoms with Crippen molar-refractivity contribution in [1.29, 1.82) is 0 Å². The Balaban J connectivity index is 0.664. The van der Waals surface area contributed by atoms with Gasteiger partial charge < -0.3 is 9.80 Å². The van der Waals surface area contributed by atoms with Crippen molar-refractivity contribution in [3.63, 3.8) is 0 Å². The van der Waals surface area contributed by atoms with Gasteiger partial charge in [-0.15, -0.1) is 22.7 Å². The highest BCUT2D eigenvalue weighted by atomic mass is 32.1. The SMILES string of the molecule is c1ccc(N(c2ccc(-c3ccc4c(ccc5ccc6ccccc6c54)c3)cc2)c2cccc3cc4c(cc23)sc2cc(-c3cccc(N(c5ccc(-c6cc7ccc8ccccc8c7c7ccccc67)cc5)c5ccc6cc7c(cc6c5)sc5ccccc57)c3)ccc24)cc1. The normalized spacial score (nSPS) is 12.0. The molecule has 0 bridgehead atoms. The summed E-state index contributed by atoms with van der Waals surface area (Å²) in [5.74, 6) is 0. The molecule has 0 N–H and O–H groups in total. The third-order valence-electron chi connectivity index (χ3n) is 20.1. The van der Waals surface area contributed by atoms with E-state index in [0.717, 1.165) is 39.7 Å². The number of hydrogen-bond acceptors (Lipinski definition) is 4. The monoisotopic (exact) mass is 1250 g/mol. The molecule has 0 aliphatic heterocycles. The van der Waals surface area contributed by atoms with Crippen LogP contribution in [0.25, 0.3) is 160 Å². The topological polar surface area (TPSA) is 6.48 Å². The zero-order valence-electron chi connectivity index (χ0n) is 52.0. The van der Waals surface area contributed by atoms with E-state index in [1.165, 1.54) is 154 Å². The number of para-hydroxylation sites is 1. The van der Waals surface area contributed by atoms with Gasteiger partial charge >= 0.3 is 0 Å². The zero-order chi connectivity index (χ0) is 63.0. The van der Waals surface area contributed by atoms with E-state index in [0.29, 0.717) is 0 Å². The van der Waals surface area contributed by atoms with Gasteiger partial charge in [0.05, 0.1) is 5.69 Å². The molecule has 0 fully saturated rings. The Labute approximate surface area is 562 Å². The molecule has 0 atom stereocenters. The summed E-state index contributed by atoms with van der Waals surface area (Å²) >= 11 is 3.75. The van der Waals surface area contributed by atoms with Gasteiger partial charge in [-0.3, -0.25) is 0 Å². The molecular weight excluding hydrogens is 1200 g/mol. The van der Waals surface area contributed by atoms with Gasteiger partial charge in [0.25, 0.3) is 0 Å². The van der Waals surface area contributed by atoms with E-state index in [4.69, 9.17) is 0 Å². The first-order chi connectivity index (χ1) is 47.5. The Morgan fingerprint density at radius 1 is 0.177 bits per heavy atom. The molecule has 0 saturated carbocycles. The quantitative estimate of drug-likeness (QED) is 0.133. The van der Waals surface area contributed by atoms with E-state index in [1.807, 2.05) is 22.7 Å². The molecule has 0 aliphatic rings. The van der Waals surface area contributed by atoms with Crippen LogP contribution in [-0.4, -0.2) is 0 Å². The van der Waals surface area contributed by atoms with Crippen molar-refractivity contribution in [2.24, 2.45) is 0 Å². The average Bonchev–Trinajstić information content (AvgIpc) is 0.798. The summed E-state index contributed by atoms with van der Waals surface area (Å²) < 4.78 is 5.15. The molecular formula is C92H56N2S2. The Morgan fingerprint density at radius 3 is 1.45 bits per heavy atom. The van der Waals surface area contributed by atoms with Gasteiger partial charge in [-0.05, 0) is 229 Å². The van der Waals surface area contributed by atoms with Crippen molar-refractivity contribution in [2.45, 2.75) is 0 Å². The number of rotatable bonds is 9. The number of benzene rings is 18. The molecule has 96 heavy (non-hydrogen) atoms. The Morgan fingerprint density at radius 2 is 0.656 bits per heavy atom. The maximum absolute atomic E-state index is 2.44. The summed E-state index contributed by atoms with van der Waals surface area (Å²) in [4.78, 5) is 4.86. The minimum Gasteiger partial charge on any atom is -0.310 e. The zero-order valence-corrected chi connectivity index (χ0v) is 53.7. The highest BCUT2D eigenvalue weighted by Crippen LogP contribution is 2.48. The summed E-state index contributed by atoms with van der Waals surface area (Å²) in [6.45, 7) is 0. The lowest BCUT2D eigenvalue weighted by molar-refractivity contribution is 1.29. The van der Waals surface area contributed by atoms with Gasteiger partial charge in [0.15, 0.2) is 0 Å². The van der Waals surface area contributed by atoms with Crippen molar-refractivity contribution >= 4 is 183 Å². The van der Waals surface area contributed by atoms with Crippen molar-refractivity contribution in [3.05, 3.63) is 340 Å². The third-order valence-corrected chi connectivity index (χ3v) is 22.3. The molecule has 0 unspecified atom stereocenters. The number of anilines is 6. The summed E-state index contributed by atoms with van der Waals surface area (Å²) in [7, 11) is 0. The largest absolute Gasteiger partial charge is 0.310 e. The lowest BCUT2D eigenvalue weighted by Gasteiger charge is -2.27. The molecule has 20 aromatic rings. The summed E-state index contributed by atoms with van der Waals surface area (Å²) in [5, 5.41) is 25.3. The van der Waals surface area contributed by atoms with E-state index in [9.17, 15) is 0 Å². The van der Waals surface area contributed by atoms with Gasteiger partial charge in [-0.1, -0.05) is 224 Å². The Hall–Kier alpha value is -11.9. The van der Waals surface area contributed by atoms with E-state index in [-0.39, 0.29) is 0 Å². The number of hydrogen-bond donors (Lipinski definition) is 0. The summed E-state index contributed by atoms with van der Waals surface area (Å²) in [6.07, 6.45) is 0. The fourth-order valence-electron chi connectivity index (χ4n) is 15.5. The van der Waals surface area contributed by atoms with Crippen LogP contribution in [0, 0.1) is 0 Å². The van der Waals surface area contributed by atoms with Crippen LogP contribution in [0.3, 0.4) is 0 Å². The fourth-order valence-corrected chi connectivity index (χ4v) is 17.8. The molecule has 4 heteroatoms. The van der Waals surface area contributed by atoms with Gasteiger partial charge in [0, 0.05) is 74.2 Å². The standard InChI is InChI=1S/C92H56N2S2/c1-2-18-70(19-3-1)94(72-41-34-57(35-42-72)63-39-46-77-67(48-63)32-31-61-30-28-58-14-4-6-21-75(58)91(61)77)86-26-13-17-66-52-85-80-47-40-65(54-88(80)96-90(85)56-83(66)86)62-16-12-20-73(49-62)93(74-45-38-64-51-84-79-24-10-11-27-87(79)95-89(84)55-69(64)50-74)71-43-36-60(37-44-71)82-53-68-33-29-59-15-5-7-22-76(59)92(68)81-25-9-8-23-78(81)82/h1-56H. The molecule has 2 aromatic heterocycles. The van der Waals surface area contributed by atoms with E-state index >= 15 is 0 Å². The molecule has 0 saturated heterocycles. The Bertz CT molecular complexity index is 6580. The van der Waals surface area contributed by atoms with Crippen LogP contribution in [-0.2, 0) is 0 Å². The van der Waals surface area contributed by atoms with Crippen molar-refractivity contribution in [1.82, 2.24) is 0 Å². The van der Waals surface area contributed by atoms with E-state index < -0.39 is 0 Å². The minimum absolute atomic E-state index is 1.09. The van der Waals surface area contributed by atoms with Crippen molar-refractivity contribution in [2.75, 3.05) is 9.80 Å². The molecule has 446 valence electrons. The first-order valence-electron chi connectivity index (χ1n) is 32.9. The minimum atomic E-state index is 1.09. The van der Waals surface area contributed by atoms with Crippen LogP contribution in [0.5, 0.6) is 0 Å². The number of thiophene rings is 2. The molecule has 2 nitrogen and oxygen atoms in total. The molecule has 0 aliphatic carbocycles. The van der Waals surface area contributed by atoms with Crippen LogP contribution in [0.1, 0.15) is 0 Å². The smallest absolute Gasteiger partial charge is 0.0540 e. The second-order valence-corrected chi connectivity index (χ2v) is 27.7. The predicted octanol–water partition coefficient (Wildman–Crippen LogP) is 27.6. The molecule has 0 spiro atoms. The van der Waals surface area contributed by atoms with Gasteiger partial charge in [0.2, 0.25) is 0 Å². The maximum atomic E-state index is 2.44. The number of nitrogens with zero attached hydrogens (tertiary/aromatic N) is 2. The maximum Gasteiger partial charge on any atom is 0.0540 e. The first-order valence-corrected chi connectivity index (χ1v) is 34.6. The van der Waals surface area contributed by atoms with Crippen LogP contribution in [0.4, 0.5) is 34.1 Å². The van der Waals surface area contributed by atoms with Crippen LogP contribution in [0.15, 0.2) is 340 Å². The lowest BCUT2D eigenvalue weighted by Crippen LogP contribution is -2.10. The molecule has 18 aromatic carbocycles. The van der Waals surface area contributed by atoms with E-state index in [2.05, 4.69) is 350 Å². The first kappa shape index (κ1) is 54.6. The predicted molar refractivity (Wildman–Crippen MR) is 418 cm³/mol.